The van der Waals surface area contributed by atoms with Crippen LogP contribution in [0.5, 0.6) is 0 Å². The maximum atomic E-state index is 7.84. The Kier molecular flexibility index (Phi) is 18.1. The number of benzene rings is 6. The molecule has 0 radical (unpaired) electrons. The molecule has 0 aliphatic rings. The second-order valence-corrected chi connectivity index (χ2v) is 26.3. The van der Waals surface area contributed by atoms with E-state index in [-0.39, 0.29) is 0 Å². The van der Waals surface area contributed by atoms with Crippen LogP contribution < -0.4 is 31.8 Å². The van der Waals surface area contributed by atoms with E-state index in [2.05, 4.69) is 159 Å². The molecule has 58 heavy (non-hydrogen) atoms. The summed E-state index contributed by atoms with van der Waals surface area (Å²) in [7, 11) is 0. The standard InChI is InChI=1S/2C26H32ClOP/c2*1-2-3-4-5-6-16-23-28-29(27,24-17-10-7-11-18-24,25-19-12-8-13-20-25)26-21-14-9-15-22-26/h2*7-15,17-22H,2-6,16,23H2,1H3. The van der Waals surface area contributed by atoms with Gasteiger partial charge in [0.2, 0.25) is 0 Å². The molecule has 0 aromatic heterocycles. The van der Waals surface area contributed by atoms with Crippen LogP contribution in [0.1, 0.15) is 90.9 Å². The first kappa shape index (κ1) is 45.8. The summed E-state index contributed by atoms with van der Waals surface area (Å²) in [6.45, 7) is 5.82. The number of hydrogen-bond donors (Lipinski definition) is 0. The van der Waals surface area contributed by atoms with Gasteiger partial charge in [-0.05, 0) is 0 Å². The van der Waals surface area contributed by atoms with Crippen molar-refractivity contribution in [2.75, 3.05) is 13.2 Å². The number of rotatable bonds is 22. The van der Waals surface area contributed by atoms with Crippen molar-refractivity contribution < 1.29 is 9.05 Å². The molecule has 0 heterocycles. The van der Waals surface area contributed by atoms with Crippen LogP contribution in [0.25, 0.3) is 0 Å². The molecule has 0 atom stereocenters. The SMILES string of the molecule is CCCCCCCCOP(Cl)(c1ccccc1)(c1ccccc1)c1ccccc1.CCCCCCCCOP(Cl)(c1ccccc1)(c1ccccc1)c1ccccc1. The quantitative estimate of drug-likeness (QED) is 0.0500. The minimum absolute atomic E-state index is 0.659. The monoisotopic (exact) mass is 852 g/mol. The topological polar surface area (TPSA) is 18.5 Å². The molecule has 6 aromatic carbocycles. The van der Waals surface area contributed by atoms with Crippen LogP contribution in [0.2, 0.25) is 0 Å². The van der Waals surface area contributed by atoms with Gasteiger partial charge < -0.3 is 0 Å². The summed E-state index contributed by atoms with van der Waals surface area (Å²) in [5.41, 5.74) is 0. The summed E-state index contributed by atoms with van der Waals surface area (Å²) in [5.74, 6) is 0. The molecule has 0 bridgehead atoms. The molecule has 0 N–H and O–H groups in total. The van der Waals surface area contributed by atoms with Crippen molar-refractivity contribution in [3.63, 3.8) is 0 Å². The molecule has 6 rings (SSSR count). The van der Waals surface area contributed by atoms with Crippen molar-refractivity contribution in [2.45, 2.75) is 90.9 Å². The number of unbranched alkanes of at least 4 members (excludes halogenated alkanes) is 10. The molecule has 308 valence electrons. The van der Waals surface area contributed by atoms with E-state index >= 15 is 0 Å². The summed E-state index contributed by atoms with van der Waals surface area (Å²) < 4.78 is 13.8. The third-order valence-corrected chi connectivity index (χ3v) is 23.7. The number of halogens is 2. The Hall–Kier alpha value is -3.32. The molecule has 0 aliphatic carbocycles. The van der Waals surface area contributed by atoms with Gasteiger partial charge in [0, 0.05) is 0 Å². The molecular formula is C52H64Cl2O2P2. The first-order valence-electron chi connectivity index (χ1n) is 21.5. The van der Waals surface area contributed by atoms with Crippen molar-refractivity contribution in [3.8, 4) is 0 Å². The van der Waals surface area contributed by atoms with Crippen LogP contribution in [0, 0.1) is 0 Å². The molecular weight excluding hydrogens is 789 g/mol. The van der Waals surface area contributed by atoms with Gasteiger partial charge in [-0.1, -0.05) is 0 Å². The molecule has 0 amide bonds. The van der Waals surface area contributed by atoms with E-state index < -0.39 is 12.4 Å². The van der Waals surface area contributed by atoms with Gasteiger partial charge in [0.05, 0.1) is 0 Å². The van der Waals surface area contributed by atoms with Crippen molar-refractivity contribution in [2.24, 2.45) is 0 Å². The normalized spacial score (nSPS) is 13.0. The molecule has 0 saturated carbocycles. The predicted octanol–water partition coefficient (Wildman–Crippen LogP) is 13.9. The van der Waals surface area contributed by atoms with E-state index in [0.29, 0.717) is 13.2 Å². The summed E-state index contributed by atoms with van der Waals surface area (Å²) >= 11 is 15.7. The first-order chi connectivity index (χ1) is 28.4. The Morgan fingerprint density at radius 1 is 0.293 bits per heavy atom. The maximum absolute atomic E-state index is 7.84. The zero-order valence-electron chi connectivity index (χ0n) is 34.7. The Bertz CT molecular complexity index is 1650. The van der Waals surface area contributed by atoms with Crippen LogP contribution in [0.4, 0.5) is 0 Å². The van der Waals surface area contributed by atoms with Crippen LogP contribution in [-0.2, 0) is 9.05 Å². The zero-order chi connectivity index (χ0) is 40.9. The third kappa shape index (κ3) is 10.7. The van der Waals surface area contributed by atoms with E-state index in [1.165, 1.54) is 64.2 Å². The Morgan fingerprint density at radius 2 is 0.483 bits per heavy atom. The molecule has 0 fully saturated rings. The van der Waals surface area contributed by atoms with Gasteiger partial charge in [-0.15, -0.1) is 0 Å². The molecule has 2 nitrogen and oxygen atoms in total. The van der Waals surface area contributed by atoms with Crippen LogP contribution in [0.3, 0.4) is 0 Å². The van der Waals surface area contributed by atoms with Gasteiger partial charge in [0.15, 0.2) is 0 Å². The van der Waals surface area contributed by atoms with Crippen LogP contribution in [-0.4, -0.2) is 13.2 Å². The van der Waals surface area contributed by atoms with Gasteiger partial charge in [-0.25, -0.2) is 0 Å². The predicted molar refractivity (Wildman–Crippen MR) is 261 cm³/mol. The summed E-state index contributed by atoms with van der Waals surface area (Å²) in [6.07, 6.45) is 7.64. The second kappa shape index (κ2) is 22.9. The molecule has 0 spiro atoms. The molecule has 6 heteroatoms. The van der Waals surface area contributed by atoms with Gasteiger partial charge >= 0.3 is 362 Å². The second-order valence-electron chi connectivity index (χ2n) is 15.1. The minimum atomic E-state index is -3.54. The van der Waals surface area contributed by atoms with Crippen molar-refractivity contribution >= 4 is 66.7 Å². The van der Waals surface area contributed by atoms with Gasteiger partial charge in [-0.2, -0.15) is 0 Å². The first-order valence-corrected chi connectivity index (χ1v) is 27.6. The fraction of sp³-hybridized carbons (Fsp3) is 0.308. The Balaban J connectivity index is 0.000000221. The molecule has 6 aromatic rings. The van der Waals surface area contributed by atoms with Crippen molar-refractivity contribution in [1.82, 2.24) is 0 Å². The van der Waals surface area contributed by atoms with Gasteiger partial charge in [0.1, 0.15) is 0 Å². The van der Waals surface area contributed by atoms with E-state index in [1.54, 1.807) is 0 Å². The van der Waals surface area contributed by atoms with Crippen LogP contribution >= 0.6 is 34.8 Å². The molecule has 0 unspecified atom stereocenters. The van der Waals surface area contributed by atoms with Crippen molar-refractivity contribution in [3.05, 3.63) is 182 Å². The van der Waals surface area contributed by atoms with Crippen LogP contribution in [0.15, 0.2) is 182 Å². The fourth-order valence-electron chi connectivity index (χ4n) is 7.74. The zero-order valence-corrected chi connectivity index (χ0v) is 38.0. The Morgan fingerprint density at radius 3 is 0.690 bits per heavy atom. The third-order valence-electron chi connectivity index (χ3n) is 11.0. The van der Waals surface area contributed by atoms with E-state index in [0.717, 1.165) is 44.7 Å². The molecule has 0 saturated heterocycles. The summed E-state index contributed by atoms with van der Waals surface area (Å²) in [5, 5.41) is 6.35. The average molecular weight is 854 g/mol. The Labute approximate surface area is 359 Å². The fourth-order valence-corrected chi connectivity index (χ4v) is 18.0. The molecule has 0 aliphatic heterocycles. The van der Waals surface area contributed by atoms with Gasteiger partial charge in [0.25, 0.3) is 0 Å². The summed E-state index contributed by atoms with van der Waals surface area (Å²) in [6, 6.07) is 62.3. The van der Waals surface area contributed by atoms with Gasteiger partial charge in [-0.3, -0.25) is 0 Å². The average Bonchev–Trinajstić information content (AvgIpc) is 3.30. The van der Waals surface area contributed by atoms with E-state index in [9.17, 15) is 0 Å². The van der Waals surface area contributed by atoms with E-state index in [1.807, 2.05) is 36.4 Å². The summed E-state index contributed by atoms with van der Waals surface area (Å²) in [4.78, 5) is 0. The van der Waals surface area contributed by atoms with E-state index in [4.69, 9.17) is 31.5 Å². The number of hydrogen-bond acceptors (Lipinski definition) is 2. The van der Waals surface area contributed by atoms with Crippen molar-refractivity contribution in [1.29, 1.82) is 0 Å².